The molecule has 0 bridgehead atoms. The average molecular weight is 491 g/mol. The van der Waals surface area contributed by atoms with Gasteiger partial charge in [0, 0.05) is 30.9 Å². The van der Waals surface area contributed by atoms with E-state index in [0.717, 1.165) is 5.69 Å². The summed E-state index contributed by atoms with van der Waals surface area (Å²) in [6.45, 7) is 2.73. The van der Waals surface area contributed by atoms with E-state index in [4.69, 9.17) is 9.47 Å². The quantitative estimate of drug-likeness (QED) is 0.346. The van der Waals surface area contributed by atoms with Crippen molar-refractivity contribution in [2.45, 2.75) is 13.3 Å². The molecule has 0 aromatic heterocycles. The van der Waals surface area contributed by atoms with Crippen molar-refractivity contribution in [1.82, 2.24) is 5.32 Å². The van der Waals surface area contributed by atoms with Gasteiger partial charge >= 0.3 is 0 Å². The lowest BCUT2D eigenvalue weighted by atomic mass is 10.1. The van der Waals surface area contributed by atoms with E-state index in [2.05, 4.69) is 15.6 Å². The van der Waals surface area contributed by atoms with Crippen LogP contribution in [0, 0.1) is 11.6 Å². The zero-order valence-corrected chi connectivity index (χ0v) is 17.8. The Hall–Kier alpha value is -2.10. The Morgan fingerprint density at radius 1 is 1.11 bits per heavy atom. The Balaban J connectivity index is 0.00000364. The van der Waals surface area contributed by atoms with Gasteiger partial charge in [0.1, 0.15) is 11.6 Å². The SMILES string of the molecule is CCOc1cc(NC(=NC)NCCc2c(F)cccc2F)ccc1OC.I. The maximum Gasteiger partial charge on any atom is 0.195 e. The van der Waals surface area contributed by atoms with Crippen molar-refractivity contribution in [3.63, 3.8) is 0 Å². The van der Waals surface area contributed by atoms with Crippen LogP contribution < -0.4 is 20.1 Å². The van der Waals surface area contributed by atoms with Crippen LogP contribution in [0.25, 0.3) is 0 Å². The van der Waals surface area contributed by atoms with Gasteiger partial charge in [-0.05, 0) is 37.6 Å². The Morgan fingerprint density at radius 3 is 2.41 bits per heavy atom. The van der Waals surface area contributed by atoms with Crippen molar-refractivity contribution in [2.24, 2.45) is 4.99 Å². The number of anilines is 1. The molecule has 0 radical (unpaired) electrons. The van der Waals surface area contributed by atoms with E-state index in [1.54, 1.807) is 26.3 Å². The van der Waals surface area contributed by atoms with Gasteiger partial charge in [0.2, 0.25) is 0 Å². The summed E-state index contributed by atoms with van der Waals surface area (Å²) in [4.78, 5) is 4.11. The van der Waals surface area contributed by atoms with Crippen LogP contribution in [0.5, 0.6) is 11.5 Å². The number of rotatable bonds is 7. The van der Waals surface area contributed by atoms with Gasteiger partial charge < -0.3 is 20.1 Å². The summed E-state index contributed by atoms with van der Waals surface area (Å²) >= 11 is 0. The van der Waals surface area contributed by atoms with Crippen molar-refractivity contribution in [3.05, 3.63) is 53.6 Å². The second-order valence-corrected chi connectivity index (χ2v) is 5.37. The van der Waals surface area contributed by atoms with Gasteiger partial charge in [-0.25, -0.2) is 8.78 Å². The van der Waals surface area contributed by atoms with Crippen LogP contribution in [0.4, 0.5) is 14.5 Å². The predicted molar refractivity (Wildman–Crippen MR) is 115 cm³/mol. The zero-order valence-electron chi connectivity index (χ0n) is 15.5. The molecule has 0 aliphatic carbocycles. The Labute approximate surface area is 175 Å². The zero-order chi connectivity index (χ0) is 18.9. The topological polar surface area (TPSA) is 54.9 Å². The summed E-state index contributed by atoms with van der Waals surface area (Å²) in [6, 6.07) is 9.25. The fourth-order valence-corrected chi connectivity index (χ4v) is 2.42. The first-order valence-corrected chi connectivity index (χ1v) is 8.30. The number of nitrogens with zero attached hydrogens (tertiary/aromatic N) is 1. The monoisotopic (exact) mass is 491 g/mol. The van der Waals surface area contributed by atoms with Gasteiger partial charge in [-0.1, -0.05) is 6.07 Å². The predicted octanol–water partition coefficient (Wildman–Crippen LogP) is 4.22. The number of aliphatic imine (C=N–C) groups is 1. The molecule has 148 valence electrons. The second-order valence-electron chi connectivity index (χ2n) is 5.37. The highest BCUT2D eigenvalue weighted by atomic mass is 127. The molecule has 2 N–H and O–H groups in total. The molecule has 0 saturated heterocycles. The van der Waals surface area contributed by atoms with Gasteiger partial charge in [-0.15, -0.1) is 24.0 Å². The van der Waals surface area contributed by atoms with E-state index >= 15 is 0 Å². The van der Waals surface area contributed by atoms with E-state index in [9.17, 15) is 8.78 Å². The third-order valence-corrected chi connectivity index (χ3v) is 3.68. The minimum Gasteiger partial charge on any atom is -0.493 e. The number of methoxy groups -OCH3 is 1. The molecule has 2 aromatic rings. The van der Waals surface area contributed by atoms with Gasteiger partial charge in [0.05, 0.1) is 13.7 Å². The maximum absolute atomic E-state index is 13.7. The molecule has 5 nitrogen and oxygen atoms in total. The molecule has 2 aromatic carbocycles. The number of benzene rings is 2. The summed E-state index contributed by atoms with van der Waals surface area (Å²) in [6.07, 6.45) is 0.200. The summed E-state index contributed by atoms with van der Waals surface area (Å²) in [5.74, 6) is 0.631. The van der Waals surface area contributed by atoms with E-state index in [-0.39, 0.29) is 36.0 Å². The summed E-state index contributed by atoms with van der Waals surface area (Å²) < 4.78 is 38.1. The highest BCUT2D eigenvalue weighted by Gasteiger charge is 2.09. The summed E-state index contributed by atoms with van der Waals surface area (Å²) in [5.41, 5.74) is 0.804. The average Bonchev–Trinajstić information content (AvgIpc) is 2.63. The minimum atomic E-state index is -0.550. The number of ether oxygens (including phenoxy) is 2. The lowest BCUT2D eigenvalue weighted by Gasteiger charge is -2.15. The molecule has 0 aliphatic heterocycles. The second kappa shape index (κ2) is 11.6. The molecule has 0 fully saturated rings. The first-order valence-electron chi connectivity index (χ1n) is 8.30. The first-order chi connectivity index (χ1) is 12.6. The summed E-state index contributed by atoms with van der Waals surface area (Å²) in [5, 5.41) is 6.14. The number of hydrogen-bond acceptors (Lipinski definition) is 3. The fourth-order valence-electron chi connectivity index (χ4n) is 2.42. The molecule has 2 rings (SSSR count). The molecular weight excluding hydrogens is 467 g/mol. The molecule has 0 heterocycles. The van der Waals surface area contributed by atoms with Gasteiger partial charge in [-0.2, -0.15) is 0 Å². The molecule has 8 heteroatoms. The minimum absolute atomic E-state index is 0. The van der Waals surface area contributed by atoms with Gasteiger partial charge in [0.25, 0.3) is 0 Å². The van der Waals surface area contributed by atoms with E-state index < -0.39 is 11.6 Å². The smallest absolute Gasteiger partial charge is 0.195 e. The van der Waals surface area contributed by atoms with E-state index in [1.807, 2.05) is 13.0 Å². The molecule has 0 saturated carbocycles. The lowest BCUT2D eigenvalue weighted by Crippen LogP contribution is -2.32. The standard InChI is InChI=1S/C19H23F2N3O2.HI/c1-4-26-18-12-13(8-9-17(18)25-3)24-19(22-2)23-11-10-14-15(20)6-5-7-16(14)21;/h5-9,12H,4,10-11H2,1-3H3,(H2,22,23,24);1H. The Bertz CT molecular complexity index is 752. The van der Waals surface area contributed by atoms with Crippen molar-refractivity contribution >= 4 is 35.6 Å². The van der Waals surface area contributed by atoms with E-state index in [0.29, 0.717) is 30.6 Å². The highest BCUT2D eigenvalue weighted by molar-refractivity contribution is 14.0. The molecule has 0 amide bonds. The van der Waals surface area contributed by atoms with Crippen LogP contribution in [0.2, 0.25) is 0 Å². The lowest BCUT2D eigenvalue weighted by molar-refractivity contribution is 0.311. The van der Waals surface area contributed by atoms with Crippen molar-refractivity contribution in [1.29, 1.82) is 0 Å². The number of nitrogens with one attached hydrogen (secondary N) is 2. The van der Waals surface area contributed by atoms with Gasteiger partial charge in [0.15, 0.2) is 17.5 Å². The molecule has 0 unspecified atom stereocenters. The van der Waals surface area contributed by atoms with E-state index in [1.165, 1.54) is 18.2 Å². The third kappa shape index (κ3) is 6.53. The highest BCUT2D eigenvalue weighted by Crippen LogP contribution is 2.30. The van der Waals surface area contributed by atoms with Crippen LogP contribution in [0.1, 0.15) is 12.5 Å². The van der Waals surface area contributed by atoms with Crippen LogP contribution >= 0.6 is 24.0 Å². The number of guanidine groups is 1. The molecular formula is C19H24F2IN3O2. The van der Waals surface area contributed by atoms with Crippen molar-refractivity contribution in [3.8, 4) is 11.5 Å². The van der Waals surface area contributed by atoms with Crippen LogP contribution in [0.3, 0.4) is 0 Å². The van der Waals surface area contributed by atoms with Gasteiger partial charge in [-0.3, -0.25) is 4.99 Å². The normalized spacial score (nSPS) is 10.8. The largest absolute Gasteiger partial charge is 0.493 e. The molecule has 27 heavy (non-hydrogen) atoms. The number of halogens is 3. The van der Waals surface area contributed by atoms with Crippen molar-refractivity contribution < 1.29 is 18.3 Å². The number of hydrogen-bond donors (Lipinski definition) is 2. The molecule has 0 spiro atoms. The van der Waals surface area contributed by atoms with Crippen molar-refractivity contribution in [2.75, 3.05) is 32.6 Å². The Kier molecular flexibility index (Phi) is 9.84. The first kappa shape index (κ1) is 22.9. The van der Waals surface area contributed by atoms with Crippen LogP contribution in [0.15, 0.2) is 41.4 Å². The Morgan fingerprint density at radius 2 is 1.81 bits per heavy atom. The summed E-state index contributed by atoms with van der Waals surface area (Å²) in [7, 11) is 3.19. The van der Waals surface area contributed by atoms with Crippen LogP contribution in [-0.2, 0) is 6.42 Å². The molecule has 0 aliphatic rings. The molecule has 0 atom stereocenters. The fraction of sp³-hybridized carbons (Fsp3) is 0.316. The van der Waals surface area contributed by atoms with Crippen LogP contribution in [-0.4, -0.2) is 33.3 Å². The third-order valence-electron chi connectivity index (χ3n) is 3.68. The maximum atomic E-state index is 13.7.